The van der Waals surface area contributed by atoms with Gasteiger partial charge in [-0.2, -0.15) is 0 Å². The van der Waals surface area contributed by atoms with Crippen molar-refractivity contribution in [2.75, 3.05) is 13.6 Å². The molecule has 0 radical (unpaired) electrons. The van der Waals surface area contributed by atoms with Crippen LogP contribution in [0.5, 0.6) is 0 Å². The lowest BCUT2D eigenvalue weighted by atomic mass is 9.93. The van der Waals surface area contributed by atoms with E-state index in [1.165, 1.54) is 0 Å². The maximum absolute atomic E-state index is 13.0. The molecule has 2 aliphatic heterocycles. The summed E-state index contributed by atoms with van der Waals surface area (Å²) in [7, 11) is 1.55. The largest absolute Gasteiger partial charge is 0.357 e. The molecular weight excluding hydrogens is 370 g/mol. The van der Waals surface area contributed by atoms with E-state index in [0.29, 0.717) is 24.1 Å². The predicted molar refractivity (Wildman–Crippen MR) is 105 cm³/mol. The molecule has 7 heteroatoms. The summed E-state index contributed by atoms with van der Waals surface area (Å²) < 4.78 is 0. The summed E-state index contributed by atoms with van der Waals surface area (Å²) in [5.41, 5.74) is 2.77. The zero-order valence-electron chi connectivity index (χ0n) is 16.1. The normalized spacial score (nSPS) is 17.8. The molecule has 4 rings (SSSR count). The Morgan fingerprint density at radius 3 is 2.17 bits per heavy atom. The smallest absolute Gasteiger partial charge is 0.261 e. The molecule has 0 aromatic heterocycles. The molecule has 0 saturated heterocycles. The van der Waals surface area contributed by atoms with Gasteiger partial charge in [-0.25, -0.2) is 0 Å². The van der Waals surface area contributed by atoms with Gasteiger partial charge in [-0.05, 0) is 23.3 Å². The molecule has 2 aromatic carbocycles. The first-order valence-corrected chi connectivity index (χ1v) is 9.54. The summed E-state index contributed by atoms with van der Waals surface area (Å²) in [4.78, 5) is 53.0. The van der Waals surface area contributed by atoms with Crippen molar-refractivity contribution in [3.8, 4) is 0 Å². The number of carbonyl (C=O) groups excluding carboxylic acids is 4. The summed E-state index contributed by atoms with van der Waals surface area (Å²) in [5, 5.41) is 2.62. The number of likely N-dealkylation sites (N-methyl/N-ethyl adjacent to an activating group) is 1. The van der Waals surface area contributed by atoms with E-state index in [1.54, 1.807) is 36.2 Å². The summed E-state index contributed by atoms with van der Waals surface area (Å²) in [6.07, 6.45) is 0.412. The van der Waals surface area contributed by atoms with Crippen molar-refractivity contribution < 1.29 is 19.2 Å². The Morgan fingerprint density at radius 2 is 1.55 bits per heavy atom. The molecule has 0 saturated carbocycles. The molecule has 0 bridgehead atoms. The van der Waals surface area contributed by atoms with Crippen molar-refractivity contribution in [1.82, 2.24) is 15.1 Å². The van der Waals surface area contributed by atoms with Gasteiger partial charge in [0.15, 0.2) is 0 Å². The second-order valence-corrected chi connectivity index (χ2v) is 7.18. The summed E-state index contributed by atoms with van der Waals surface area (Å²) >= 11 is 0. The van der Waals surface area contributed by atoms with E-state index >= 15 is 0 Å². The van der Waals surface area contributed by atoms with Crippen LogP contribution in [-0.4, -0.2) is 53.1 Å². The third kappa shape index (κ3) is 3.29. The number of nitrogens with one attached hydrogen (secondary N) is 1. The number of carbonyl (C=O) groups is 4. The zero-order valence-corrected chi connectivity index (χ0v) is 16.1. The number of hydrogen-bond acceptors (Lipinski definition) is 4. The molecule has 1 N–H and O–H groups in total. The van der Waals surface area contributed by atoms with Crippen LogP contribution in [0.2, 0.25) is 0 Å². The first-order chi connectivity index (χ1) is 14.0. The van der Waals surface area contributed by atoms with Crippen LogP contribution in [-0.2, 0) is 22.6 Å². The predicted octanol–water partition coefficient (Wildman–Crippen LogP) is 1.37. The van der Waals surface area contributed by atoms with Crippen LogP contribution in [0.4, 0.5) is 0 Å². The van der Waals surface area contributed by atoms with Crippen molar-refractivity contribution in [2.24, 2.45) is 0 Å². The second kappa shape index (κ2) is 7.50. The molecule has 148 valence electrons. The Hall–Kier alpha value is -3.48. The lowest BCUT2D eigenvalue weighted by molar-refractivity contribution is -0.141. The Kier molecular flexibility index (Phi) is 4.88. The van der Waals surface area contributed by atoms with Crippen molar-refractivity contribution in [1.29, 1.82) is 0 Å². The lowest BCUT2D eigenvalue weighted by Gasteiger charge is -2.36. The molecule has 2 heterocycles. The minimum atomic E-state index is -0.607. The van der Waals surface area contributed by atoms with Crippen LogP contribution < -0.4 is 5.32 Å². The molecule has 0 fully saturated rings. The Labute approximate surface area is 168 Å². The first-order valence-electron chi connectivity index (χ1n) is 9.54. The molecule has 0 aliphatic carbocycles. The van der Waals surface area contributed by atoms with Gasteiger partial charge < -0.3 is 10.2 Å². The van der Waals surface area contributed by atoms with Crippen LogP contribution in [0.15, 0.2) is 48.5 Å². The van der Waals surface area contributed by atoms with Gasteiger partial charge >= 0.3 is 0 Å². The quantitative estimate of drug-likeness (QED) is 0.798. The van der Waals surface area contributed by atoms with Crippen molar-refractivity contribution in [3.63, 3.8) is 0 Å². The van der Waals surface area contributed by atoms with E-state index in [4.69, 9.17) is 0 Å². The monoisotopic (exact) mass is 391 g/mol. The maximum Gasteiger partial charge on any atom is 0.261 e. The molecule has 29 heavy (non-hydrogen) atoms. The molecule has 1 atom stereocenters. The first kappa shape index (κ1) is 18.9. The van der Waals surface area contributed by atoms with E-state index < -0.39 is 6.04 Å². The molecule has 7 nitrogen and oxygen atoms in total. The van der Waals surface area contributed by atoms with Gasteiger partial charge in [0.05, 0.1) is 11.1 Å². The average molecular weight is 391 g/mol. The lowest BCUT2D eigenvalue weighted by Crippen LogP contribution is -2.52. The van der Waals surface area contributed by atoms with Crippen LogP contribution in [0.25, 0.3) is 0 Å². The fourth-order valence-electron chi connectivity index (χ4n) is 3.98. The average Bonchev–Trinajstić information content (AvgIpc) is 3.00. The van der Waals surface area contributed by atoms with Gasteiger partial charge in [0.25, 0.3) is 11.8 Å². The van der Waals surface area contributed by atoms with Crippen molar-refractivity contribution in [3.05, 3.63) is 70.8 Å². The van der Waals surface area contributed by atoms with Crippen molar-refractivity contribution in [2.45, 2.75) is 25.4 Å². The second-order valence-electron chi connectivity index (χ2n) is 7.18. The Balaban J connectivity index is 1.50. The number of fused-ring (bicyclic) bond motifs is 2. The molecule has 2 aliphatic rings. The minimum Gasteiger partial charge on any atom is -0.357 e. The topological polar surface area (TPSA) is 86.8 Å². The maximum atomic E-state index is 13.0. The fourth-order valence-corrected chi connectivity index (χ4v) is 3.98. The Morgan fingerprint density at radius 1 is 0.966 bits per heavy atom. The highest BCUT2D eigenvalue weighted by molar-refractivity contribution is 6.21. The third-order valence-corrected chi connectivity index (χ3v) is 5.55. The highest BCUT2D eigenvalue weighted by Gasteiger charge is 2.37. The van der Waals surface area contributed by atoms with E-state index in [-0.39, 0.29) is 36.6 Å². The number of amides is 4. The highest BCUT2D eigenvalue weighted by Crippen LogP contribution is 2.26. The zero-order chi connectivity index (χ0) is 20.5. The number of rotatable bonds is 4. The van der Waals surface area contributed by atoms with Gasteiger partial charge in [-0.15, -0.1) is 0 Å². The fraction of sp³-hybridized carbons (Fsp3) is 0.273. The third-order valence-electron chi connectivity index (χ3n) is 5.55. The van der Waals surface area contributed by atoms with Crippen molar-refractivity contribution >= 4 is 23.6 Å². The van der Waals surface area contributed by atoms with E-state index in [9.17, 15) is 19.2 Å². The van der Waals surface area contributed by atoms with E-state index in [2.05, 4.69) is 5.32 Å². The molecule has 2 aromatic rings. The molecular formula is C22H21N3O4. The number of hydrogen-bond donors (Lipinski definition) is 1. The molecule has 0 spiro atoms. The summed E-state index contributed by atoms with van der Waals surface area (Å²) in [6, 6.07) is 13.8. The van der Waals surface area contributed by atoms with Crippen LogP contribution >= 0.6 is 0 Å². The van der Waals surface area contributed by atoms with Crippen LogP contribution in [0, 0.1) is 0 Å². The van der Waals surface area contributed by atoms with Gasteiger partial charge in [-0.1, -0.05) is 36.4 Å². The SMILES string of the molecule is CNC(=O)[C@H]1Cc2ccccc2CN1C(=O)CCN1C(=O)c2ccccc2C1=O. The number of nitrogens with zero attached hydrogens (tertiary/aromatic N) is 2. The molecule has 4 amide bonds. The standard InChI is InChI=1S/C22H21N3O4/c1-23-20(27)18-12-14-6-2-3-7-15(14)13-25(18)19(26)10-11-24-21(28)16-8-4-5-9-17(16)22(24)29/h2-9,18H,10-13H2,1H3,(H,23,27)/t18-/m1/s1. The summed E-state index contributed by atoms with van der Waals surface area (Å²) in [6.45, 7) is 0.318. The van der Waals surface area contributed by atoms with Gasteiger partial charge in [-0.3, -0.25) is 24.1 Å². The molecule has 0 unspecified atom stereocenters. The van der Waals surface area contributed by atoms with E-state index in [1.807, 2.05) is 24.3 Å². The van der Waals surface area contributed by atoms with Gasteiger partial charge in [0, 0.05) is 33.0 Å². The van der Waals surface area contributed by atoms with E-state index in [0.717, 1.165) is 16.0 Å². The minimum absolute atomic E-state index is 0.0101. The Bertz CT molecular complexity index is 982. The van der Waals surface area contributed by atoms with Gasteiger partial charge in [0.2, 0.25) is 11.8 Å². The highest BCUT2D eigenvalue weighted by atomic mass is 16.2. The van der Waals surface area contributed by atoms with Crippen LogP contribution in [0.3, 0.4) is 0 Å². The number of imide groups is 1. The van der Waals surface area contributed by atoms with Crippen LogP contribution in [0.1, 0.15) is 38.3 Å². The number of benzene rings is 2. The summed E-state index contributed by atoms with van der Waals surface area (Å²) in [5.74, 6) is -1.26. The van der Waals surface area contributed by atoms with Gasteiger partial charge in [0.1, 0.15) is 6.04 Å².